The number of nitrogens with one attached hydrogen (secondary N) is 3. The van der Waals surface area contributed by atoms with Crippen LogP contribution in [0.3, 0.4) is 0 Å². The summed E-state index contributed by atoms with van der Waals surface area (Å²) in [6.45, 7) is 5.57. The fraction of sp³-hybridized carbons (Fsp3) is 0.556. The van der Waals surface area contributed by atoms with E-state index in [9.17, 15) is 28.8 Å². The van der Waals surface area contributed by atoms with E-state index in [1.54, 1.807) is 0 Å². The van der Waals surface area contributed by atoms with Gasteiger partial charge in [-0.15, -0.1) is 0 Å². The Hall–Kier alpha value is -3.56. The third-order valence-electron chi connectivity index (χ3n) is 5.98. The molecule has 2 unspecified atom stereocenters. The van der Waals surface area contributed by atoms with Crippen molar-refractivity contribution in [3.63, 3.8) is 0 Å². The van der Waals surface area contributed by atoms with Crippen molar-refractivity contribution in [1.82, 2.24) is 20.9 Å². The summed E-state index contributed by atoms with van der Waals surface area (Å²) >= 11 is 0. The number of imide groups is 1. The number of unbranched alkanes of at least 4 members (excludes halogenated alkanes) is 2. The standard InChI is InChI=1S/C27H40N4O6/c1-4-23(20(2)3)27(37)31(19-33)14-10-6-9-13-24(34)28-16-25(35)29-17-26(36)30-22(18-32)15-21-11-7-5-8-12-21/h5,7-8,11-12,18-20,22-23H,4,6,9-10,13-17H2,1-3H3,(H,28,34)(H,29,35)(H,30,36). The van der Waals surface area contributed by atoms with Crippen molar-refractivity contribution in [3.8, 4) is 0 Å². The van der Waals surface area contributed by atoms with E-state index in [4.69, 9.17) is 0 Å². The summed E-state index contributed by atoms with van der Waals surface area (Å²) in [6, 6.07) is 8.54. The van der Waals surface area contributed by atoms with Crippen molar-refractivity contribution in [3.05, 3.63) is 35.9 Å². The van der Waals surface area contributed by atoms with Crippen molar-refractivity contribution in [2.75, 3.05) is 19.6 Å². The molecular weight excluding hydrogens is 476 g/mol. The second-order valence-corrected chi connectivity index (χ2v) is 9.26. The van der Waals surface area contributed by atoms with E-state index < -0.39 is 17.9 Å². The predicted molar refractivity (Wildman–Crippen MR) is 139 cm³/mol. The first-order valence-corrected chi connectivity index (χ1v) is 12.8. The van der Waals surface area contributed by atoms with Gasteiger partial charge < -0.3 is 20.7 Å². The van der Waals surface area contributed by atoms with Crippen LogP contribution in [-0.4, -0.2) is 66.9 Å². The Bertz CT molecular complexity index is 890. The van der Waals surface area contributed by atoms with Gasteiger partial charge in [-0.2, -0.15) is 0 Å². The van der Waals surface area contributed by atoms with E-state index in [2.05, 4.69) is 16.0 Å². The SMILES string of the molecule is CCC(C(=O)N(C=O)CCCCCC(=O)NCC(=O)NCC(=O)NC(C=O)Cc1ccccc1)C(C)C. The number of hydrogen-bond donors (Lipinski definition) is 3. The molecule has 10 heteroatoms. The highest BCUT2D eigenvalue weighted by Gasteiger charge is 2.25. The lowest BCUT2D eigenvalue weighted by Crippen LogP contribution is -2.45. The summed E-state index contributed by atoms with van der Waals surface area (Å²) < 4.78 is 0. The van der Waals surface area contributed by atoms with E-state index in [1.807, 2.05) is 51.1 Å². The summed E-state index contributed by atoms with van der Waals surface area (Å²) in [5, 5.41) is 7.46. The molecule has 0 aromatic heterocycles. The molecule has 0 bridgehead atoms. The van der Waals surface area contributed by atoms with Crippen molar-refractivity contribution in [2.24, 2.45) is 11.8 Å². The quantitative estimate of drug-likeness (QED) is 0.199. The fourth-order valence-corrected chi connectivity index (χ4v) is 3.87. The summed E-state index contributed by atoms with van der Waals surface area (Å²) in [7, 11) is 0. The Balaban J connectivity index is 2.21. The molecule has 0 radical (unpaired) electrons. The molecule has 204 valence electrons. The topological polar surface area (TPSA) is 142 Å². The average molecular weight is 517 g/mol. The Labute approximate surface area is 218 Å². The van der Waals surface area contributed by atoms with Crippen LogP contribution >= 0.6 is 0 Å². The summed E-state index contributed by atoms with van der Waals surface area (Å²) in [5.74, 6) is -1.53. The highest BCUT2D eigenvalue weighted by molar-refractivity contribution is 5.89. The third kappa shape index (κ3) is 12.8. The van der Waals surface area contributed by atoms with Crippen LogP contribution in [-0.2, 0) is 35.2 Å². The Morgan fingerprint density at radius 1 is 0.892 bits per heavy atom. The molecule has 1 aromatic carbocycles. The lowest BCUT2D eigenvalue weighted by molar-refractivity contribution is -0.142. The van der Waals surface area contributed by atoms with Crippen LogP contribution in [0.15, 0.2) is 30.3 Å². The number of carbonyl (C=O) groups excluding carboxylic acids is 6. The highest BCUT2D eigenvalue weighted by Crippen LogP contribution is 2.18. The Kier molecular flexibility index (Phi) is 15.1. The van der Waals surface area contributed by atoms with Gasteiger partial charge in [-0.3, -0.25) is 28.9 Å². The molecule has 1 rings (SSSR count). The number of hydrogen-bond acceptors (Lipinski definition) is 6. The molecular formula is C27H40N4O6. The molecule has 2 atom stereocenters. The van der Waals surface area contributed by atoms with Gasteiger partial charge in [-0.05, 0) is 37.2 Å². The zero-order chi connectivity index (χ0) is 27.6. The van der Waals surface area contributed by atoms with Crippen LogP contribution < -0.4 is 16.0 Å². The van der Waals surface area contributed by atoms with Crippen LogP contribution in [0.1, 0.15) is 58.4 Å². The molecule has 0 aliphatic carbocycles. The van der Waals surface area contributed by atoms with Gasteiger partial charge in [-0.1, -0.05) is 57.5 Å². The second kappa shape index (κ2) is 17.8. The second-order valence-electron chi connectivity index (χ2n) is 9.26. The zero-order valence-electron chi connectivity index (χ0n) is 22.0. The first kappa shape index (κ1) is 31.5. The number of nitrogens with zero attached hydrogens (tertiary/aromatic N) is 1. The van der Waals surface area contributed by atoms with E-state index in [0.29, 0.717) is 51.3 Å². The number of carbonyl (C=O) groups is 6. The monoisotopic (exact) mass is 516 g/mol. The molecule has 37 heavy (non-hydrogen) atoms. The van der Waals surface area contributed by atoms with E-state index >= 15 is 0 Å². The number of rotatable bonds is 18. The minimum absolute atomic E-state index is 0.156. The maximum absolute atomic E-state index is 12.5. The van der Waals surface area contributed by atoms with Gasteiger partial charge in [-0.25, -0.2) is 0 Å². The molecule has 10 nitrogen and oxygen atoms in total. The first-order chi connectivity index (χ1) is 17.7. The third-order valence-corrected chi connectivity index (χ3v) is 5.98. The molecule has 0 fully saturated rings. The average Bonchev–Trinajstić information content (AvgIpc) is 2.88. The maximum Gasteiger partial charge on any atom is 0.239 e. The molecule has 0 saturated carbocycles. The molecule has 5 amide bonds. The Morgan fingerprint density at radius 3 is 2.14 bits per heavy atom. The molecule has 0 heterocycles. The lowest BCUT2D eigenvalue weighted by atomic mass is 9.92. The smallest absolute Gasteiger partial charge is 0.239 e. The highest BCUT2D eigenvalue weighted by atomic mass is 16.2. The molecule has 3 N–H and O–H groups in total. The minimum Gasteiger partial charge on any atom is -0.347 e. The summed E-state index contributed by atoms with van der Waals surface area (Å²) in [6.07, 6.45) is 4.23. The molecule has 1 aromatic rings. The van der Waals surface area contributed by atoms with E-state index in [0.717, 1.165) is 5.56 Å². The van der Waals surface area contributed by atoms with Crippen molar-refractivity contribution in [1.29, 1.82) is 0 Å². The molecule has 0 spiro atoms. The number of benzene rings is 1. The normalized spacial score (nSPS) is 12.2. The van der Waals surface area contributed by atoms with Crippen LogP contribution in [0.4, 0.5) is 0 Å². The van der Waals surface area contributed by atoms with Gasteiger partial charge in [0.05, 0.1) is 19.1 Å². The van der Waals surface area contributed by atoms with Crippen LogP contribution in [0, 0.1) is 11.8 Å². The summed E-state index contributed by atoms with van der Waals surface area (Å²) in [5.41, 5.74) is 0.900. The number of aldehydes is 1. The number of amides is 5. The van der Waals surface area contributed by atoms with Gasteiger partial charge in [0.25, 0.3) is 0 Å². The van der Waals surface area contributed by atoms with Crippen LogP contribution in [0.25, 0.3) is 0 Å². The molecule has 0 saturated heterocycles. The van der Waals surface area contributed by atoms with Crippen molar-refractivity contribution >= 4 is 36.3 Å². The van der Waals surface area contributed by atoms with Crippen LogP contribution in [0.2, 0.25) is 0 Å². The van der Waals surface area contributed by atoms with Gasteiger partial charge in [0.15, 0.2) is 0 Å². The zero-order valence-corrected chi connectivity index (χ0v) is 22.0. The lowest BCUT2D eigenvalue weighted by Gasteiger charge is -2.24. The molecule has 0 aliphatic rings. The Morgan fingerprint density at radius 2 is 1.54 bits per heavy atom. The maximum atomic E-state index is 12.5. The van der Waals surface area contributed by atoms with E-state index in [-0.39, 0.29) is 43.2 Å². The van der Waals surface area contributed by atoms with Crippen molar-refractivity contribution < 1.29 is 28.8 Å². The summed E-state index contributed by atoms with van der Waals surface area (Å²) in [4.78, 5) is 72.2. The van der Waals surface area contributed by atoms with Gasteiger partial charge in [0.2, 0.25) is 30.0 Å². The first-order valence-electron chi connectivity index (χ1n) is 12.8. The fourth-order valence-electron chi connectivity index (χ4n) is 3.87. The largest absolute Gasteiger partial charge is 0.347 e. The van der Waals surface area contributed by atoms with Gasteiger partial charge in [0, 0.05) is 18.9 Å². The van der Waals surface area contributed by atoms with Crippen molar-refractivity contribution in [2.45, 2.75) is 65.3 Å². The van der Waals surface area contributed by atoms with E-state index in [1.165, 1.54) is 4.90 Å². The van der Waals surface area contributed by atoms with Crippen LogP contribution in [0.5, 0.6) is 0 Å². The predicted octanol–water partition coefficient (Wildman–Crippen LogP) is 1.37. The minimum atomic E-state index is -0.702. The van der Waals surface area contributed by atoms with Gasteiger partial charge in [0.1, 0.15) is 6.29 Å². The molecule has 0 aliphatic heterocycles. The van der Waals surface area contributed by atoms with Gasteiger partial charge >= 0.3 is 0 Å².